The van der Waals surface area contributed by atoms with Crippen LogP contribution in [0.2, 0.25) is 0 Å². The van der Waals surface area contributed by atoms with Crippen molar-refractivity contribution in [1.29, 1.82) is 0 Å². The van der Waals surface area contributed by atoms with Gasteiger partial charge in [0.05, 0.1) is 11.8 Å². The van der Waals surface area contributed by atoms with Crippen LogP contribution in [-0.4, -0.2) is 16.9 Å². The van der Waals surface area contributed by atoms with E-state index in [1.54, 1.807) is 13.1 Å². The van der Waals surface area contributed by atoms with E-state index in [0.717, 1.165) is 16.5 Å². The van der Waals surface area contributed by atoms with Crippen LogP contribution in [0.4, 0.5) is 0 Å². The van der Waals surface area contributed by atoms with Gasteiger partial charge in [-0.2, -0.15) is 0 Å². The van der Waals surface area contributed by atoms with Crippen LogP contribution in [0.3, 0.4) is 0 Å². The normalized spacial score (nSPS) is 15.4. The molecule has 82 valence electrons. The van der Waals surface area contributed by atoms with Crippen molar-refractivity contribution in [3.8, 4) is 11.5 Å². The number of rotatable bonds is 1. The number of aliphatic hydroxyl groups is 1. The number of pyridine rings is 1. The van der Waals surface area contributed by atoms with Crippen LogP contribution in [0, 0.1) is 0 Å². The summed E-state index contributed by atoms with van der Waals surface area (Å²) in [6.45, 7) is 1.95. The minimum absolute atomic E-state index is 0.253. The van der Waals surface area contributed by atoms with E-state index >= 15 is 0 Å². The van der Waals surface area contributed by atoms with Crippen LogP contribution < -0.4 is 9.47 Å². The summed E-state index contributed by atoms with van der Waals surface area (Å²) in [5.74, 6) is 1.46. The number of hydrogen-bond acceptors (Lipinski definition) is 4. The maximum Gasteiger partial charge on any atom is 0.231 e. The molecule has 0 spiro atoms. The van der Waals surface area contributed by atoms with Crippen LogP contribution in [0.5, 0.6) is 11.5 Å². The number of aromatic nitrogens is 1. The molecule has 0 bridgehead atoms. The van der Waals surface area contributed by atoms with Gasteiger partial charge in [0.25, 0.3) is 0 Å². The topological polar surface area (TPSA) is 51.6 Å². The molecule has 0 amide bonds. The first-order chi connectivity index (χ1) is 7.75. The molecule has 1 unspecified atom stereocenters. The Labute approximate surface area is 92.4 Å². The first kappa shape index (κ1) is 9.42. The summed E-state index contributed by atoms with van der Waals surface area (Å²) in [6, 6.07) is 5.67. The van der Waals surface area contributed by atoms with Gasteiger partial charge in [0, 0.05) is 11.6 Å². The fraction of sp³-hybridized carbons (Fsp3) is 0.250. The maximum absolute atomic E-state index is 9.64. The Morgan fingerprint density at radius 3 is 2.81 bits per heavy atom. The third-order valence-corrected chi connectivity index (χ3v) is 2.68. The van der Waals surface area contributed by atoms with Gasteiger partial charge in [-0.25, -0.2) is 0 Å². The van der Waals surface area contributed by atoms with Crippen molar-refractivity contribution in [3.63, 3.8) is 0 Å². The summed E-state index contributed by atoms with van der Waals surface area (Å²) in [4.78, 5) is 4.19. The highest BCUT2D eigenvalue weighted by Gasteiger charge is 2.16. The van der Waals surface area contributed by atoms with Crippen molar-refractivity contribution in [2.75, 3.05) is 6.79 Å². The van der Waals surface area contributed by atoms with Gasteiger partial charge < -0.3 is 14.6 Å². The molecule has 4 heteroatoms. The van der Waals surface area contributed by atoms with Gasteiger partial charge in [-0.15, -0.1) is 0 Å². The van der Waals surface area contributed by atoms with E-state index < -0.39 is 6.10 Å². The molecule has 1 aromatic heterocycles. The molecular weight excluding hydrogens is 206 g/mol. The van der Waals surface area contributed by atoms with Crippen LogP contribution in [0.15, 0.2) is 24.4 Å². The number of fused-ring (bicyclic) bond motifs is 2. The Balaban J connectivity index is 2.31. The lowest BCUT2D eigenvalue weighted by Crippen LogP contribution is -1.96. The second kappa shape index (κ2) is 3.35. The summed E-state index contributed by atoms with van der Waals surface area (Å²) < 4.78 is 10.6. The molecule has 4 nitrogen and oxygen atoms in total. The van der Waals surface area contributed by atoms with Gasteiger partial charge in [-0.1, -0.05) is 0 Å². The van der Waals surface area contributed by atoms with Gasteiger partial charge in [-0.3, -0.25) is 4.98 Å². The van der Waals surface area contributed by atoms with Gasteiger partial charge >= 0.3 is 0 Å². The highest BCUT2D eigenvalue weighted by molar-refractivity contribution is 5.88. The smallest absolute Gasteiger partial charge is 0.231 e. The van der Waals surface area contributed by atoms with E-state index in [-0.39, 0.29) is 6.79 Å². The Morgan fingerprint density at radius 2 is 2.06 bits per heavy atom. The van der Waals surface area contributed by atoms with Gasteiger partial charge in [-0.05, 0) is 30.5 Å². The molecule has 0 aliphatic carbocycles. The van der Waals surface area contributed by atoms with E-state index in [4.69, 9.17) is 9.47 Å². The summed E-state index contributed by atoms with van der Waals surface area (Å²) in [5, 5.41) is 11.5. The molecular formula is C12H11NO3. The molecule has 0 fully saturated rings. The lowest BCUT2D eigenvalue weighted by molar-refractivity contribution is 0.174. The molecule has 1 aliphatic rings. The van der Waals surface area contributed by atoms with Crippen molar-refractivity contribution < 1.29 is 14.6 Å². The summed E-state index contributed by atoms with van der Waals surface area (Å²) in [5.41, 5.74) is 0.663. The van der Waals surface area contributed by atoms with E-state index in [1.807, 2.05) is 18.2 Å². The quantitative estimate of drug-likeness (QED) is 0.793. The number of benzene rings is 1. The molecule has 1 atom stereocenters. The van der Waals surface area contributed by atoms with Gasteiger partial charge in [0.15, 0.2) is 11.5 Å². The van der Waals surface area contributed by atoms with E-state index in [9.17, 15) is 5.11 Å². The second-order valence-electron chi connectivity index (χ2n) is 3.80. The molecule has 0 radical (unpaired) electrons. The zero-order valence-electron chi connectivity index (χ0n) is 8.80. The highest BCUT2D eigenvalue weighted by Crippen LogP contribution is 2.37. The number of hydrogen-bond donors (Lipinski definition) is 1. The molecule has 3 rings (SSSR count). The molecule has 2 aromatic rings. The number of ether oxygens (including phenoxy) is 2. The molecule has 1 aromatic carbocycles. The first-order valence-corrected chi connectivity index (χ1v) is 5.12. The van der Waals surface area contributed by atoms with Crippen molar-refractivity contribution in [3.05, 3.63) is 30.1 Å². The van der Waals surface area contributed by atoms with Crippen molar-refractivity contribution in [1.82, 2.24) is 4.98 Å². The zero-order valence-corrected chi connectivity index (χ0v) is 8.80. The Kier molecular flexibility index (Phi) is 1.97. The van der Waals surface area contributed by atoms with Gasteiger partial charge in [0.1, 0.15) is 0 Å². The zero-order chi connectivity index (χ0) is 11.1. The third kappa shape index (κ3) is 1.31. The fourth-order valence-corrected chi connectivity index (χ4v) is 1.92. The standard InChI is InChI=1S/C12H11NO3/c1-7(14)12-9-5-11-10(15-6-16-11)4-8(9)2-3-13-12/h2-5,7,14H,6H2,1H3. The summed E-state index contributed by atoms with van der Waals surface area (Å²) >= 11 is 0. The predicted molar refractivity (Wildman–Crippen MR) is 58.5 cm³/mol. The average Bonchev–Trinajstić information content (AvgIpc) is 2.71. The molecule has 1 N–H and O–H groups in total. The minimum atomic E-state index is -0.593. The second-order valence-corrected chi connectivity index (χ2v) is 3.80. The third-order valence-electron chi connectivity index (χ3n) is 2.68. The van der Waals surface area contributed by atoms with Crippen molar-refractivity contribution in [2.45, 2.75) is 13.0 Å². The predicted octanol–water partition coefficient (Wildman–Crippen LogP) is 2.02. The fourth-order valence-electron chi connectivity index (χ4n) is 1.92. The average molecular weight is 217 g/mol. The lowest BCUT2D eigenvalue weighted by Gasteiger charge is -2.08. The summed E-state index contributed by atoms with van der Waals surface area (Å²) in [7, 11) is 0. The lowest BCUT2D eigenvalue weighted by atomic mass is 10.1. The Hall–Kier alpha value is -1.81. The van der Waals surface area contributed by atoms with Crippen LogP contribution in [0.25, 0.3) is 10.8 Å². The van der Waals surface area contributed by atoms with E-state index in [1.165, 1.54) is 0 Å². The number of aliphatic hydroxyl groups excluding tert-OH is 1. The van der Waals surface area contributed by atoms with E-state index in [0.29, 0.717) is 11.4 Å². The monoisotopic (exact) mass is 217 g/mol. The van der Waals surface area contributed by atoms with Crippen molar-refractivity contribution in [2.24, 2.45) is 0 Å². The van der Waals surface area contributed by atoms with E-state index in [2.05, 4.69) is 4.98 Å². The summed E-state index contributed by atoms with van der Waals surface area (Å²) in [6.07, 6.45) is 1.09. The highest BCUT2D eigenvalue weighted by atomic mass is 16.7. The Bertz CT molecular complexity index is 551. The molecule has 16 heavy (non-hydrogen) atoms. The molecule has 1 aliphatic heterocycles. The van der Waals surface area contributed by atoms with Crippen molar-refractivity contribution >= 4 is 10.8 Å². The van der Waals surface area contributed by atoms with Gasteiger partial charge in [0.2, 0.25) is 6.79 Å². The number of nitrogens with zero attached hydrogens (tertiary/aromatic N) is 1. The largest absolute Gasteiger partial charge is 0.454 e. The first-order valence-electron chi connectivity index (χ1n) is 5.12. The molecule has 2 heterocycles. The van der Waals surface area contributed by atoms with Crippen LogP contribution in [-0.2, 0) is 0 Å². The Morgan fingerprint density at radius 1 is 1.31 bits per heavy atom. The maximum atomic E-state index is 9.64. The van der Waals surface area contributed by atoms with Crippen LogP contribution in [0.1, 0.15) is 18.7 Å². The van der Waals surface area contributed by atoms with Crippen LogP contribution >= 0.6 is 0 Å². The SMILES string of the molecule is CC(O)c1nccc2cc3c(cc12)OCO3. The molecule has 0 saturated carbocycles. The minimum Gasteiger partial charge on any atom is -0.454 e. The molecule has 0 saturated heterocycles.